The highest BCUT2D eigenvalue weighted by Crippen LogP contribution is 2.43. The fourth-order valence-corrected chi connectivity index (χ4v) is 6.97. The minimum Gasteiger partial charge on any atom is -0.496 e. The maximum atomic E-state index is 13.5. The number of carbonyl (C=O) groups is 1. The number of benzene rings is 1. The summed E-state index contributed by atoms with van der Waals surface area (Å²) < 4.78 is 34.1. The molecule has 1 spiro atoms. The van der Waals surface area contributed by atoms with Gasteiger partial charge in [-0.25, -0.2) is 8.42 Å². The van der Waals surface area contributed by atoms with E-state index in [-0.39, 0.29) is 5.91 Å². The first-order valence-electron chi connectivity index (χ1n) is 10.4. The number of hydrogen-bond donors (Lipinski definition) is 0. The van der Waals surface area contributed by atoms with E-state index >= 15 is 0 Å². The van der Waals surface area contributed by atoms with Crippen LogP contribution in [0, 0.1) is 5.41 Å². The Labute approximate surface area is 167 Å². The second-order valence-electron chi connectivity index (χ2n) is 8.34. The lowest BCUT2D eigenvalue weighted by Gasteiger charge is -2.26. The molecule has 1 aromatic carbocycles. The van der Waals surface area contributed by atoms with Gasteiger partial charge in [-0.1, -0.05) is 6.92 Å². The van der Waals surface area contributed by atoms with Crippen LogP contribution < -0.4 is 4.74 Å². The molecule has 2 fully saturated rings. The minimum absolute atomic E-state index is 0.142. The third kappa shape index (κ3) is 3.03. The summed E-state index contributed by atoms with van der Waals surface area (Å²) in [6.45, 7) is 4.32. The molecule has 7 heteroatoms. The van der Waals surface area contributed by atoms with Crippen molar-refractivity contribution in [1.82, 2.24) is 9.21 Å². The third-order valence-electron chi connectivity index (χ3n) is 6.70. The van der Waals surface area contributed by atoms with Crippen molar-refractivity contribution in [2.75, 3.05) is 33.3 Å². The molecule has 154 valence electrons. The van der Waals surface area contributed by atoms with Gasteiger partial charge in [0.25, 0.3) is 0 Å². The molecule has 1 atom stereocenters. The number of methoxy groups -OCH3 is 1. The number of carbonyl (C=O) groups excluding carboxylic acids is 1. The van der Waals surface area contributed by atoms with Gasteiger partial charge in [0.15, 0.2) is 0 Å². The molecule has 4 rings (SSSR count). The van der Waals surface area contributed by atoms with Crippen molar-refractivity contribution in [3.05, 3.63) is 23.3 Å². The molecule has 3 aliphatic rings. The Balaban J connectivity index is 1.63. The Kier molecular flexibility index (Phi) is 5.16. The summed E-state index contributed by atoms with van der Waals surface area (Å²) in [6.07, 6.45) is 6.00. The molecule has 1 unspecified atom stereocenters. The lowest BCUT2D eigenvalue weighted by molar-refractivity contribution is -0.135. The quantitative estimate of drug-likeness (QED) is 0.754. The normalized spacial score (nSPS) is 25.5. The molecule has 28 heavy (non-hydrogen) atoms. The van der Waals surface area contributed by atoms with Crippen LogP contribution in [-0.4, -0.2) is 56.8 Å². The van der Waals surface area contributed by atoms with E-state index in [9.17, 15) is 13.2 Å². The molecule has 1 aromatic rings. The molecule has 2 aliphatic heterocycles. The molecular weight excluding hydrogens is 376 g/mol. The number of fused-ring (bicyclic) bond motifs is 1. The fraction of sp³-hybridized carbons (Fsp3) is 0.667. The number of nitrogens with zero attached hydrogens (tertiary/aromatic N) is 2. The lowest BCUT2D eigenvalue weighted by Crippen LogP contribution is -2.38. The van der Waals surface area contributed by atoms with Crippen molar-refractivity contribution in [2.24, 2.45) is 5.41 Å². The van der Waals surface area contributed by atoms with Crippen LogP contribution in [0.2, 0.25) is 0 Å². The zero-order valence-electron chi connectivity index (χ0n) is 16.9. The molecule has 0 saturated carbocycles. The summed E-state index contributed by atoms with van der Waals surface area (Å²) in [5.74, 6) is 0.927. The van der Waals surface area contributed by atoms with Crippen LogP contribution in [0.3, 0.4) is 0 Å². The van der Waals surface area contributed by atoms with Gasteiger partial charge in [-0.2, -0.15) is 4.31 Å². The van der Waals surface area contributed by atoms with Gasteiger partial charge in [-0.05, 0) is 68.2 Å². The number of ether oxygens (including phenoxy) is 1. The first-order chi connectivity index (χ1) is 13.4. The topological polar surface area (TPSA) is 66.9 Å². The van der Waals surface area contributed by atoms with Gasteiger partial charge in [0.1, 0.15) is 5.75 Å². The Morgan fingerprint density at radius 3 is 2.54 bits per heavy atom. The van der Waals surface area contributed by atoms with Crippen molar-refractivity contribution in [3.8, 4) is 5.75 Å². The molecule has 2 heterocycles. The van der Waals surface area contributed by atoms with Crippen molar-refractivity contribution in [2.45, 2.75) is 56.8 Å². The van der Waals surface area contributed by atoms with Crippen LogP contribution in [0.25, 0.3) is 0 Å². The van der Waals surface area contributed by atoms with Gasteiger partial charge in [0, 0.05) is 26.2 Å². The highest BCUT2D eigenvalue weighted by Gasteiger charge is 2.53. The van der Waals surface area contributed by atoms with Gasteiger partial charge in [-0.15, -0.1) is 0 Å². The standard InChI is InChI=1S/C21H30N2O4S/c1-3-12-22-13-10-21(20(22)24)11-14-23(15-21)28(25,26)19-9-8-18(27-2)16-6-4-5-7-17(16)19/h8-9H,3-7,10-15H2,1-2H3. The highest BCUT2D eigenvalue weighted by atomic mass is 32.2. The molecule has 1 aliphatic carbocycles. The van der Waals surface area contributed by atoms with E-state index in [4.69, 9.17) is 4.74 Å². The number of hydrogen-bond acceptors (Lipinski definition) is 4. The van der Waals surface area contributed by atoms with Gasteiger partial charge in [0.05, 0.1) is 17.4 Å². The number of likely N-dealkylation sites (tertiary alicyclic amines) is 1. The van der Waals surface area contributed by atoms with Gasteiger partial charge in [0.2, 0.25) is 15.9 Å². The number of rotatable bonds is 5. The number of amides is 1. The van der Waals surface area contributed by atoms with E-state index in [1.54, 1.807) is 23.5 Å². The fourth-order valence-electron chi connectivity index (χ4n) is 5.17. The minimum atomic E-state index is -3.61. The SMILES string of the molecule is CCCN1CCC2(CCN(S(=O)(=O)c3ccc(OC)c4c3CCCC4)C2)C1=O. The first-order valence-corrected chi connectivity index (χ1v) is 11.9. The van der Waals surface area contributed by atoms with E-state index < -0.39 is 15.4 Å². The Morgan fingerprint density at radius 1 is 1.11 bits per heavy atom. The van der Waals surface area contributed by atoms with Crippen LogP contribution in [0.5, 0.6) is 5.75 Å². The van der Waals surface area contributed by atoms with Gasteiger partial charge < -0.3 is 9.64 Å². The van der Waals surface area contributed by atoms with Crippen molar-refractivity contribution < 1.29 is 17.9 Å². The van der Waals surface area contributed by atoms with Gasteiger partial charge >= 0.3 is 0 Å². The number of sulfonamides is 1. The van der Waals surface area contributed by atoms with Crippen LogP contribution >= 0.6 is 0 Å². The molecule has 0 aromatic heterocycles. The van der Waals surface area contributed by atoms with Crippen LogP contribution in [0.1, 0.15) is 50.2 Å². The summed E-state index contributed by atoms with van der Waals surface area (Å²) in [4.78, 5) is 15.3. The van der Waals surface area contributed by atoms with E-state index in [0.717, 1.165) is 68.5 Å². The Hall–Kier alpha value is -1.60. The largest absolute Gasteiger partial charge is 0.496 e. The summed E-state index contributed by atoms with van der Waals surface area (Å²) in [7, 11) is -1.98. The molecule has 2 saturated heterocycles. The molecule has 6 nitrogen and oxygen atoms in total. The molecular formula is C21H30N2O4S. The average Bonchev–Trinajstić information content (AvgIpc) is 3.28. The van der Waals surface area contributed by atoms with Crippen molar-refractivity contribution in [1.29, 1.82) is 0 Å². The lowest BCUT2D eigenvalue weighted by atomic mass is 9.86. The summed E-state index contributed by atoms with van der Waals surface area (Å²) >= 11 is 0. The second-order valence-corrected chi connectivity index (χ2v) is 10.2. The van der Waals surface area contributed by atoms with Crippen molar-refractivity contribution >= 4 is 15.9 Å². The maximum absolute atomic E-state index is 13.5. The van der Waals surface area contributed by atoms with E-state index in [1.165, 1.54) is 0 Å². The van der Waals surface area contributed by atoms with Crippen LogP contribution in [0.15, 0.2) is 17.0 Å². The Morgan fingerprint density at radius 2 is 1.82 bits per heavy atom. The first kappa shape index (κ1) is 19.7. The van der Waals surface area contributed by atoms with E-state index in [1.807, 2.05) is 4.90 Å². The second kappa shape index (κ2) is 7.34. The predicted octanol–water partition coefficient (Wildman–Crippen LogP) is 2.60. The van der Waals surface area contributed by atoms with E-state index in [2.05, 4.69) is 6.92 Å². The van der Waals surface area contributed by atoms with Crippen molar-refractivity contribution in [3.63, 3.8) is 0 Å². The summed E-state index contributed by atoms with van der Waals surface area (Å²) in [6, 6.07) is 3.48. The summed E-state index contributed by atoms with van der Waals surface area (Å²) in [5, 5.41) is 0. The third-order valence-corrected chi connectivity index (χ3v) is 8.63. The summed E-state index contributed by atoms with van der Waals surface area (Å²) in [5.41, 5.74) is 1.43. The molecule has 1 amide bonds. The monoisotopic (exact) mass is 406 g/mol. The highest BCUT2D eigenvalue weighted by molar-refractivity contribution is 7.89. The van der Waals surface area contributed by atoms with Gasteiger partial charge in [-0.3, -0.25) is 4.79 Å². The maximum Gasteiger partial charge on any atom is 0.243 e. The molecule has 0 radical (unpaired) electrons. The van der Waals surface area contributed by atoms with Crippen LogP contribution in [-0.2, 0) is 27.7 Å². The smallest absolute Gasteiger partial charge is 0.243 e. The zero-order chi connectivity index (χ0) is 19.9. The average molecular weight is 407 g/mol. The van der Waals surface area contributed by atoms with Crippen LogP contribution in [0.4, 0.5) is 0 Å². The molecule has 0 N–H and O–H groups in total. The molecule has 0 bridgehead atoms. The zero-order valence-corrected chi connectivity index (χ0v) is 17.7. The predicted molar refractivity (Wildman–Crippen MR) is 107 cm³/mol. The Bertz CT molecular complexity index is 883. The van der Waals surface area contributed by atoms with E-state index in [0.29, 0.717) is 24.4 Å².